The quantitative estimate of drug-likeness (QED) is 0.761. The Morgan fingerprint density at radius 3 is 2.62 bits per heavy atom. The minimum absolute atomic E-state index is 0.418. The Morgan fingerprint density at radius 2 is 2.00 bits per heavy atom. The molecule has 0 aromatic rings. The molecule has 3 heteroatoms. The second-order valence-electron chi connectivity index (χ2n) is 5.75. The van der Waals surface area contributed by atoms with Crippen molar-refractivity contribution in [3.05, 3.63) is 0 Å². The Labute approximate surface area is 99.0 Å². The molecule has 0 aromatic heterocycles. The fourth-order valence-electron chi connectivity index (χ4n) is 2.90. The van der Waals surface area contributed by atoms with Crippen LogP contribution < -0.4 is 5.73 Å². The highest BCUT2D eigenvalue weighted by molar-refractivity contribution is 4.98. The van der Waals surface area contributed by atoms with Crippen molar-refractivity contribution in [2.24, 2.45) is 11.7 Å². The first-order valence-corrected chi connectivity index (χ1v) is 6.82. The predicted octanol–water partition coefficient (Wildman–Crippen LogP) is 1.35. The molecule has 94 valence electrons. The van der Waals surface area contributed by atoms with E-state index in [1.54, 1.807) is 0 Å². The van der Waals surface area contributed by atoms with Gasteiger partial charge in [0.2, 0.25) is 0 Å². The smallest absolute Gasteiger partial charge is 0.0923 e. The predicted molar refractivity (Wildman–Crippen MR) is 66.2 cm³/mol. The first kappa shape index (κ1) is 12.3. The van der Waals surface area contributed by atoms with E-state index >= 15 is 0 Å². The zero-order chi connectivity index (χ0) is 11.6. The van der Waals surface area contributed by atoms with E-state index in [-0.39, 0.29) is 0 Å². The summed E-state index contributed by atoms with van der Waals surface area (Å²) in [7, 11) is 0. The van der Waals surface area contributed by atoms with E-state index in [1.807, 2.05) is 0 Å². The highest BCUT2D eigenvalue weighted by atomic mass is 16.3. The van der Waals surface area contributed by atoms with Crippen LogP contribution in [0.15, 0.2) is 0 Å². The SMILES string of the molecule is CC1CCCCCN1CC(O)(CN)C1CC1. The van der Waals surface area contributed by atoms with Gasteiger partial charge in [-0.1, -0.05) is 12.8 Å². The lowest BCUT2D eigenvalue weighted by Crippen LogP contribution is -2.52. The maximum atomic E-state index is 10.6. The minimum atomic E-state index is -0.612. The highest BCUT2D eigenvalue weighted by Crippen LogP contribution is 2.40. The van der Waals surface area contributed by atoms with Crippen LogP contribution in [0.4, 0.5) is 0 Å². The van der Waals surface area contributed by atoms with E-state index in [1.165, 1.54) is 25.7 Å². The average Bonchev–Trinajstić information content (AvgIpc) is 3.09. The molecule has 0 amide bonds. The molecule has 1 saturated heterocycles. The van der Waals surface area contributed by atoms with Gasteiger partial charge in [0, 0.05) is 19.1 Å². The van der Waals surface area contributed by atoms with Gasteiger partial charge in [-0.05, 0) is 45.1 Å². The Bertz CT molecular complexity index is 230. The first-order chi connectivity index (χ1) is 7.65. The normalized spacial score (nSPS) is 32.1. The van der Waals surface area contributed by atoms with Gasteiger partial charge in [0.05, 0.1) is 5.60 Å². The minimum Gasteiger partial charge on any atom is -0.387 e. The molecule has 1 aliphatic carbocycles. The third-order valence-corrected chi connectivity index (χ3v) is 4.36. The summed E-state index contributed by atoms with van der Waals surface area (Å²) in [6.45, 7) is 4.63. The van der Waals surface area contributed by atoms with Crippen LogP contribution >= 0.6 is 0 Å². The van der Waals surface area contributed by atoms with Gasteiger partial charge in [0.1, 0.15) is 0 Å². The van der Waals surface area contributed by atoms with Gasteiger partial charge in [-0.3, -0.25) is 4.90 Å². The lowest BCUT2D eigenvalue weighted by atomic mass is 9.96. The Hall–Kier alpha value is -0.120. The molecule has 2 rings (SSSR count). The van der Waals surface area contributed by atoms with E-state index in [9.17, 15) is 5.11 Å². The Morgan fingerprint density at radius 1 is 1.25 bits per heavy atom. The molecule has 0 bridgehead atoms. The number of hydrogen-bond donors (Lipinski definition) is 2. The summed E-state index contributed by atoms with van der Waals surface area (Å²) in [5, 5.41) is 10.6. The zero-order valence-electron chi connectivity index (χ0n) is 10.5. The van der Waals surface area contributed by atoms with Crippen molar-refractivity contribution in [1.82, 2.24) is 4.90 Å². The first-order valence-electron chi connectivity index (χ1n) is 6.82. The monoisotopic (exact) mass is 226 g/mol. The molecular weight excluding hydrogens is 200 g/mol. The van der Waals surface area contributed by atoms with Crippen molar-refractivity contribution in [1.29, 1.82) is 0 Å². The molecule has 1 saturated carbocycles. The third-order valence-electron chi connectivity index (χ3n) is 4.36. The molecule has 16 heavy (non-hydrogen) atoms. The summed E-state index contributed by atoms with van der Waals surface area (Å²) in [5.74, 6) is 0.466. The van der Waals surface area contributed by atoms with Gasteiger partial charge in [-0.25, -0.2) is 0 Å². The molecule has 2 fully saturated rings. The van der Waals surface area contributed by atoms with E-state index in [0.717, 1.165) is 25.9 Å². The fraction of sp³-hybridized carbons (Fsp3) is 1.00. The van der Waals surface area contributed by atoms with E-state index in [0.29, 0.717) is 18.5 Å². The summed E-state index contributed by atoms with van der Waals surface area (Å²) in [6.07, 6.45) is 7.54. The number of hydrogen-bond acceptors (Lipinski definition) is 3. The van der Waals surface area contributed by atoms with Gasteiger partial charge in [0.25, 0.3) is 0 Å². The topological polar surface area (TPSA) is 49.5 Å². The largest absolute Gasteiger partial charge is 0.387 e. The molecule has 3 nitrogen and oxygen atoms in total. The van der Waals surface area contributed by atoms with Crippen molar-refractivity contribution in [2.45, 2.75) is 57.1 Å². The van der Waals surface area contributed by atoms with E-state index in [4.69, 9.17) is 5.73 Å². The average molecular weight is 226 g/mol. The third kappa shape index (κ3) is 2.76. The molecule has 2 unspecified atom stereocenters. The van der Waals surface area contributed by atoms with Gasteiger partial charge < -0.3 is 10.8 Å². The molecule has 1 heterocycles. The molecular formula is C13H26N2O. The number of nitrogens with two attached hydrogens (primary N) is 1. The second kappa shape index (κ2) is 5.03. The molecule has 3 N–H and O–H groups in total. The molecule has 0 radical (unpaired) electrons. The van der Waals surface area contributed by atoms with Crippen molar-refractivity contribution in [3.63, 3.8) is 0 Å². The molecule has 1 aliphatic heterocycles. The second-order valence-corrected chi connectivity index (χ2v) is 5.75. The Kier molecular flexibility index (Phi) is 3.88. The van der Waals surface area contributed by atoms with Gasteiger partial charge in [-0.2, -0.15) is 0 Å². The number of nitrogens with zero attached hydrogens (tertiary/aromatic N) is 1. The van der Waals surface area contributed by atoms with Crippen LogP contribution in [0.3, 0.4) is 0 Å². The summed E-state index contributed by atoms with van der Waals surface area (Å²) in [5.41, 5.74) is 5.16. The fourth-order valence-corrected chi connectivity index (χ4v) is 2.90. The van der Waals surface area contributed by atoms with Crippen LogP contribution in [0.2, 0.25) is 0 Å². The summed E-state index contributed by atoms with van der Waals surface area (Å²) >= 11 is 0. The summed E-state index contributed by atoms with van der Waals surface area (Å²) < 4.78 is 0. The summed E-state index contributed by atoms with van der Waals surface area (Å²) in [4.78, 5) is 2.46. The number of β-amino-alcohol motifs (C(OH)–C–C–N with tert-alkyl or cyclic N) is 1. The lowest BCUT2D eigenvalue weighted by molar-refractivity contribution is -0.0170. The highest BCUT2D eigenvalue weighted by Gasteiger charge is 2.44. The van der Waals surface area contributed by atoms with Gasteiger partial charge in [-0.15, -0.1) is 0 Å². The van der Waals surface area contributed by atoms with Crippen molar-refractivity contribution in [3.8, 4) is 0 Å². The zero-order valence-corrected chi connectivity index (χ0v) is 10.5. The van der Waals surface area contributed by atoms with Gasteiger partial charge in [0.15, 0.2) is 0 Å². The van der Waals surface area contributed by atoms with Crippen molar-refractivity contribution >= 4 is 0 Å². The van der Waals surface area contributed by atoms with E-state index in [2.05, 4.69) is 11.8 Å². The number of rotatable bonds is 4. The van der Waals surface area contributed by atoms with Gasteiger partial charge >= 0.3 is 0 Å². The van der Waals surface area contributed by atoms with Crippen molar-refractivity contribution in [2.75, 3.05) is 19.6 Å². The number of likely N-dealkylation sites (tertiary alicyclic amines) is 1. The van der Waals surface area contributed by atoms with Crippen LogP contribution in [0, 0.1) is 5.92 Å². The summed E-state index contributed by atoms with van der Waals surface area (Å²) in [6, 6.07) is 0.610. The maximum absolute atomic E-state index is 10.6. The van der Waals surface area contributed by atoms with Crippen LogP contribution in [0.1, 0.15) is 45.4 Å². The molecule has 2 aliphatic rings. The Balaban J connectivity index is 1.94. The molecule has 0 spiro atoms. The van der Waals surface area contributed by atoms with Crippen LogP contribution in [0.25, 0.3) is 0 Å². The van der Waals surface area contributed by atoms with Crippen LogP contribution in [0.5, 0.6) is 0 Å². The molecule has 2 atom stereocenters. The van der Waals surface area contributed by atoms with E-state index < -0.39 is 5.60 Å². The standard InChI is InChI=1S/C13H26N2O/c1-11-5-3-2-4-8-15(11)10-13(16,9-14)12-6-7-12/h11-12,16H,2-10,14H2,1H3. The maximum Gasteiger partial charge on any atom is 0.0923 e. The van der Waals surface area contributed by atoms with Crippen molar-refractivity contribution < 1.29 is 5.11 Å². The van der Waals surface area contributed by atoms with Crippen LogP contribution in [-0.2, 0) is 0 Å². The van der Waals surface area contributed by atoms with Crippen LogP contribution in [-0.4, -0.2) is 41.3 Å². The molecule has 0 aromatic carbocycles. The number of aliphatic hydroxyl groups is 1. The lowest BCUT2D eigenvalue weighted by Gasteiger charge is -2.36.